The topological polar surface area (TPSA) is 104 Å². The van der Waals surface area contributed by atoms with Gasteiger partial charge >= 0.3 is 11.9 Å². The van der Waals surface area contributed by atoms with Crippen molar-refractivity contribution in [1.29, 1.82) is 0 Å². The minimum atomic E-state index is -0.615. The van der Waals surface area contributed by atoms with Gasteiger partial charge in [-0.25, -0.2) is 18.7 Å². The lowest BCUT2D eigenvalue weighted by molar-refractivity contribution is -0.155. The Bertz CT molecular complexity index is 1200. The van der Waals surface area contributed by atoms with E-state index in [0.29, 0.717) is 22.8 Å². The number of fused-ring (bicyclic) bond motifs is 1. The first-order chi connectivity index (χ1) is 16.5. The number of nitrogens with zero attached hydrogens (tertiary/aromatic N) is 3. The highest BCUT2D eigenvalue weighted by molar-refractivity contribution is 5.95. The molecule has 0 spiro atoms. The van der Waals surface area contributed by atoms with Crippen molar-refractivity contribution in [3.05, 3.63) is 53.6 Å². The van der Waals surface area contributed by atoms with Crippen molar-refractivity contribution < 1.29 is 28.2 Å². The standard InChI is InChI=1S/C25H31FN4O5/c1-7-33-23(31)19-13-27-30-11-10-21(29-22(19)30)28-16(3)18-12-17(26)8-9-20(18)35-15(2)14-34-24(32)25(4,5)6/h8-13,15-16H,7,14H2,1-6H3,(H,28,29)/t15-,16+/m0/s1. The zero-order chi connectivity index (χ0) is 25.8. The Balaban J connectivity index is 1.77. The van der Waals surface area contributed by atoms with Gasteiger partial charge in [0.1, 0.15) is 35.7 Å². The summed E-state index contributed by atoms with van der Waals surface area (Å²) in [4.78, 5) is 28.7. The molecule has 2 atom stereocenters. The number of rotatable bonds is 9. The molecule has 0 saturated carbocycles. The van der Waals surface area contributed by atoms with E-state index in [1.807, 2.05) is 6.92 Å². The first-order valence-electron chi connectivity index (χ1n) is 11.4. The average molecular weight is 487 g/mol. The second kappa shape index (κ2) is 10.7. The van der Waals surface area contributed by atoms with Gasteiger partial charge in [-0.3, -0.25) is 4.79 Å². The fraction of sp³-hybridized carbons (Fsp3) is 0.440. The lowest BCUT2D eigenvalue weighted by Crippen LogP contribution is -2.28. The summed E-state index contributed by atoms with van der Waals surface area (Å²) in [5.41, 5.74) is 0.526. The summed E-state index contributed by atoms with van der Waals surface area (Å²) in [6.45, 7) is 11.0. The van der Waals surface area contributed by atoms with Crippen LogP contribution in [0, 0.1) is 11.2 Å². The zero-order valence-corrected chi connectivity index (χ0v) is 20.8. The smallest absolute Gasteiger partial charge is 0.343 e. The molecule has 1 aromatic carbocycles. The number of ether oxygens (including phenoxy) is 3. The molecule has 9 nitrogen and oxygen atoms in total. The van der Waals surface area contributed by atoms with Crippen LogP contribution in [-0.2, 0) is 14.3 Å². The number of carbonyl (C=O) groups excluding carboxylic acids is 2. The van der Waals surface area contributed by atoms with E-state index in [1.165, 1.54) is 28.9 Å². The molecule has 0 fully saturated rings. The highest BCUT2D eigenvalue weighted by Gasteiger charge is 2.24. The molecule has 0 aliphatic rings. The van der Waals surface area contributed by atoms with E-state index in [0.717, 1.165) is 0 Å². The largest absolute Gasteiger partial charge is 0.487 e. The van der Waals surface area contributed by atoms with Gasteiger partial charge in [0.2, 0.25) is 0 Å². The van der Waals surface area contributed by atoms with Gasteiger partial charge in [-0.15, -0.1) is 0 Å². The van der Waals surface area contributed by atoms with Crippen molar-refractivity contribution >= 4 is 23.4 Å². The monoisotopic (exact) mass is 486 g/mol. The molecule has 0 saturated heterocycles. The quantitative estimate of drug-likeness (QED) is 0.439. The summed E-state index contributed by atoms with van der Waals surface area (Å²) >= 11 is 0. The number of esters is 2. The van der Waals surface area contributed by atoms with Gasteiger partial charge < -0.3 is 19.5 Å². The number of hydrogen-bond donors (Lipinski definition) is 1. The Morgan fingerprint density at radius 3 is 2.60 bits per heavy atom. The third kappa shape index (κ3) is 6.46. The van der Waals surface area contributed by atoms with E-state index < -0.39 is 29.3 Å². The molecule has 188 valence electrons. The van der Waals surface area contributed by atoms with E-state index in [-0.39, 0.29) is 24.7 Å². The first-order valence-corrected chi connectivity index (χ1v) is 11.4. The van der Waals surface area contributed by atoms with Gasteiger partial charge in [0.25, 0.3) is 0 Å². The Morgan fingerprint density at radius 2 is 1.91 bits per heavy atom. The Labute approximate surface area is 203 Å². The van der Waals surface area contributed by atoms with Crippen LogP contribution in [0.2, 0.25) is 0 Å². The fourth-order valence-corrected chi connectivity index (χ4v) is 3.23. The Hall–Kier alpha value is -3.69. The number of benzene rings is 1. The van der Waals surface area contributed by atoms with Crippen LogP contribution < -0.4 is 10.1 Å². The molecular formula is C25H31FN4O5. The second-order valence-corrected chi connectivity index (χ2v) is 9.18. The molecule has 1 N–H and O–H groups in total. The van der Waals surface area contributed by atoms with Crippen LogP contribution in [0.1, 0.15) is 63.5 Å². The highest BCUT2D eigenvalue weighted by Crippen LogP contribution is 2.29. The molecule has 3 rings (SSSR count). The van der Waals surface area contributed by atoms with Crippen molar-refractivity contribution in [2.24, 2.45) is 5.41 Å². The zero-order valence-electron chi connectivity index (χ0n) is 20.8. The van der Waals surface area contributed by atoms with Crippen LogP contribution >= 0.6 is 0 Å². The van der Waals surface area contributed by atoms with E-state index in [2.05, 4.69) is 15.4 Å². The second-order valence-electron chi connectivity index (χ2n) is 9.18. The predicted octanol–water partition coefficient (Wildman–Crippen LogP) is 4.57. The van der Waals surface area contributed by atoms with E-state index in [4.69, 9.17) is 14.2 Å². The van der Waals surface area contributed by atoms with Gasteiger partial charge in [-0.05, 0) is 65.8 Å². The summed E-state index contributed by atoms with van der Waals surface area (Å²) in [5, 5.41) is 7.34. The van der Waals surface area contributed by atoms with Crippen molar-refractivity contribution in [3.8, 4) is 5.75 Å². The molecule has 2 heterocycles. The highest BCUT2D eigenvalue weighted by atomic mass is 19.1. The molecule has 0 aliphatic heterocycles. The number of halogens is 1. The lowest BCUT2D eigenvalue weighted by atomic mass is 9.97. The normalized spacial score (nSPS) is 13.2. The summed E-state index contributed by atoms with van der Waals surface area (Å²) < 4.78 is 32.0. The van der Waals surface area contributed by atoms with Gasteiger partial charge in [-0.2, -0.15) is 5.10 Å². The van der Waals surface area contributed by atoms with E-state index in [1.54, 1.807) is 46.9 Å². The Kier molecular flexibility index (Phi) is 7.93. The molecule has 0 radical (unpaired) electrons. The number of nitrogens with one attached hydrogen (secondary N) is 1. The maximum atomic E-state index is 14.1. The molecular weight excluding hydrogens is 455 g/mol. The summed E-state index contributed by atoms with van der Waals surface area (Å²) in [6, 6.07) is 5.51. The Morgan fingerprint density at radius 1 is 1.17 bits per heavy atom. The van der Waals surface area contributed by atoms with Crippen molar-refractivity contribution in [2.45, 2.75) is 53.7 Å². The molecule has 0 amide bonds. The van der Waals surface area contributed by atoms with Crippen LogP contribution in [-0.4, -0.2) is 45.9 Å². The molecule has 3 aromatic rings. The van der Waals surface area contributed by atoms with E-state index >= 15 is 0 Å². The van der Waals surface area contributed by atoms with Crippen molar-refractivity contribution in [1.82, 2.24) is 14.6 Å². The average Bonchev–Trinajstić information content (AvgIpc) is 3.21. The molecule has 0 aliphatic carbocycles. The fourth-order valence-electron chi connectivity index (χ4n) is 3.23. The molecule has 10 heteroatoms. The van der Waals surface area contributed by atoms with Crippen LogP contribution in [0.3, 0.4) is 0 Å². The number of hydrogen-bond acceptors (Lipinski definition) is 8. The van der Waals surface area contributed by atoms with E-state index in [9.17, 15) is 14.0 Å². The molecule has 35 heavy (non-hydrogen) atoms. The minimum absolute atomic E-state index is 0.0603. The number of anilines is 1. The number of carbonyl (C=O) groups is 2. The van der Waals surface area contributed by atoms with Crippen LogP contribution in [0.25, 0.3) is 5.65 Å². The maximum absolute atomic E-state index is 14.1. The van der Waals surface area contributed by atoms with Crippen molar-refractivity contribution in [3.63, 3.8) is 0 Å². The van der Waals surface area contributed by atoms with Gasteiger partial charge in [0.05, 0.1) is 24.3 Å². The van der Waals surface area contributed by atoms with Gasteiger partial charge in [-0.1, -0.05) is 0 Å². The summed E-state index contributed by atoms with van der Waals surface area (Å²) in [5.74, 6) is -0.355. The van der Waals surface area contributed by atoms with Crippen LogP contribution in [0.5, 0.6) is 5.75 Å². The lowest BCUT2D eigenvalue weighted by Gasteiger charge is -2.23. The number of aromatic nitrogens is 3. The van der Waals surface area contributed by atoms with Gasteiger partial charge in [0.15, 0.2) is 5.65 Å². The third-order valence-corrected chi connectivity index (χ3v) is 5.06. The van der Waals surface area contributed by atoms with Crippen LogP contribution in [0.4, 0.5) is 10.2 Å². The molecule has 0 bridgehead atoms. The van der Waals surface area contributed by atoms with Crippen LogP contribution in [0.15, 0.2) is 36.7 Å². The SMILES string of the molecule is CCOC(=O)c1cnn2ccc(N[C@H](C)c3cc(F)ccc3O[C@@H](C)COC(=O)C(C)(C)C)nc12. The predicted molar refractivity (Wildman–Crippen MR) is 128 cm³/mol. The maximum Gasteiger partial charge on any atom is 0.343 e. The summed E-state index contributed by atoms with van der Waals surface area (Å²) in [6.07, 6.45) is 2.61. The molecule has 0 unspecified atom stereocenters. The first kappa shape index (κ1) is 25.9. The van der Waals surface area contributed by atoms with Crippen molar-refractivity contribution in [2.75, 3.05) is 18.5 Å². The summed E-state index contributed by atoms with van der Waals surface area (Å²) in [7, 11) is 0. The molecule has 2 aromatic heterocycles. The van der Waals surface area contributed by atoms with Gasteiger partial charge in [0, 0.05) is 11.8 Å². The minimum Gasteiger partial charge on any atom is -0.487 e. The third-order valence-electron chi connectivity index (χ3n) is 5.06.